The van der Waals surface area contributed by atoms with E-state index in [2.05, 4.69) is 61.9 Å². The molecular weight excluding hydrogens is 236 g/mol. The lowest BCUT2D eigenvalue weighted by molar-refractivity contribution is 0.137. The normalized spacial score (nSPS) is 23.6. The van der Waals surface area contributed by atoms with E-state index in [4.69, 9.17) is 0 Å². The van der Waals surface area contributed by atoms with Crippen molar-refractivity contribution in [1.82, 2.24) is 4.90 Å². The predicted octanol–water partition coefficient (Wildman–Crippen LogP) is 2.14. The second kappa shape index (κ2) is 5.51. The molecule has 0 aliphatic carbocycles. The molecule has 0 saturated carbocycles. The number of benzene rings is 1. The van der Waals surface area contributed by atoms with E-state index in [-0.39, 0.29) is 18.2 Å². The third kappa shape index (κ3) is 2.77. The van der Waals surface area contributed by atoms with Gasteiger partial charge < -0.3 is 14.9 Å². The summed E-state index contributed by atoms with van der Waals surface area (Å²) in [6, 6.07) is 8.74. The van der Waals surface area contributed by atoms with Gasteiger partial charge in [-0.25, -0.2) is 0 Å². The largest absolute Gasteiger partial charge is 0.394 e. The Morgan fingerprint density at radius 2 is 2.00 bits per heavy atom. The van der Waals surface area contributed by atoms with Gasteiger partial charge in [-0.05, 0) is 38.9 Å². The van der Waals surface area contributed by atoms with E-state index in [9.17, 15) is 5.11 Å². The molecule has 1 atom stereocenters. The smallest absolute Gasteiger partial charge is 0.0654 e. The van der Waals surface area contributed by atoms with Crippen molar-refractivity contribution in [2.75, 3.05) is 31.6 Å². The number of hydrogen-bond donors (Lipinski definition) is 1. The van der Waals surface area contributed by atoms with Gasteiger partial charge >= 0.3 is 0 Å². The summed E-state index contributed by atoms with van der Waals surface area (Å²) in [5, 5.41) is 9.77. The minimum atomic E-state index is 0.0334. The molecule has 1 aliphatic heterocycles. The molecule has 1 aromatic rings. The maximum atomic E-state index is 9.77. The fourth-order valence-electron chi connectivity index (χ4n) is 3.44. The molecule has 3 heteroatoms. The van der Waals surface area contributed by atoms with Crippen LogP contribution < -0.4 is 4.90 Å². The first-order valence-corrected chi connectivity index (χ1v) is 7.16. The van der Waals surface area contributed by atoms with Crippen LogP contribution in [0.15, 0.2) is 24.3 Å². The van der Waals surface area contributed by atoms with Gasteiger partial charge in [-0.3, -0.25) is 0 Å². The van der Waals surface area contributed by atoms with E-state index in [0.29, 0.717) is 0 Å². The molecule has 106 valence electrons. The summed E-state index contributed by atoms with van der Waals surface area (Å²) >= 11 is 0. The Morgan fingerprint density at radius 1 is 1.32 bits per heavy atom. The lowest BCUT2D eigenvalue weighted by Crippen LogP contribution is -2.64. The topological polar surface area (TPSA) is 26.7 Å². The molecule has 0 aromatic heterocycles. The molecule has 1 aromatic carbocycles. The molecule has 1 unspecified atom stereocenters. The van der Waals surface area contributed by atoms with Crippen LogP contribution in [0.1, 0.15) is 26.3 Å². The molecule has 1 aliphatic rings. The quantitative estimate of drug-likeness (QED) is 0.904. The molecular formula is C16H26N2O. The number of likely N-dealkylation sites (N-methyl/N-ethyl adjacent to an activating group) is 1. The Hall–Kier alpha value is -1.06. The highest BCUT2D eigenvalue weighted by molar-refractivity contribution is 5.57. The number of piperazine rings is 1. The van der Waals surface area contributed by atoms with Crippen molar-refractivity contribution in [3.05, 3.63) is 29.8 Å². The number of anilines is 1. The fraction of sp³-hybridized carbons (Fsp3) is 0.625. The molecule has 2 rings (SSSR count). The van der Waals surface area contributed by atoms with Gasteiger partial charge in [0, 0.05) is 24.3 Å². The van der Waals surface area contributed by atoms with Crippen molar-refractivity contribution in [3.8, 4) is 0 Å². The van der Waals surface area contributed by atoms with Gasteiger partial charge in [-0.1, -0.05) is 25.1 Å². The van der Waals surface area contributed by atoms with Crippen LogP contribution in [0.5, 0.6) is 0 Å². The first-order chi connectivity index (χ1) is 8.99. The summed E-state index contributed by atoms with van der Waals surface area (Å²) in [7, 11) is 2.13. The van der Waals surface area contributed by atoms with Gasteiger partial charge in [-0.2, -0.15) is 0 Å². The van der Waals surface area contributed by atoms with Crippen molar-refractivity contribution < 1.29 is 5.11 Å². The third-order valence-corrected chi connectivity index (χ3v) is 4.04. The molecule has 0 amide bonds. The highest BCUT2D eigenvalue weighted by atomic mass is 16.3. The zero-order chi connectivity index (χ0) is 14.0. The summed E-state index contributed by atoms with van der Waals surface area (Å²) in [5.41, 5.74) is 2.67. The maximum Gasteiger partial charge on any atom is 0.0654 e. The van der Waals surface area contributed by atoms with Crippen LogP contribution in [-0.4, -0.2) is 48.3 Å². The standard InChI is InChI=1S/C16H26N2O/c1-5-13-8-6-7-9-15(13)18-14(11-19)10-17(4)12-16(18,2)3/h6-9,14,19H,5,10-12H2,1-4H3. The van der Waals surface area contributed by atoms with Crippen molar-refractivity contribution in [3.63, 3.8) is 0 Å². The Morgan fingerprint density at radius 3 is 2.63 bits per heavy atom. The number of aryl methyl sites for hydroxylation is 1. The van der Waals surface area contributed by atoms with Gasteiger partial charge in [0.15, 0.2) is 0 Å². The summed E-state index contributed by atoms with van der Waals surface area (Å²) in [6.07, 6.45) is 1.02. The Labute approximate surface area is 116 Å². The Balaban J connectivity index is 2.43. The van der Waals surface area contributed by atoms with Crippen molar-refractivity contribution in [2.45, 2.75) is 38.8 Å². The van der Waals surface area contributed by atoms with Gasteiger partial charge in [0.2, 0.25) is 0 Å². The summed E-state index contributed by atoms with van der Waals surface area (Å²) in [6.45, 7) is 8.84. The van der Waals surface area contributed by atoms with E-state index >= 15 is 0 Å². The predicted molar refractivity (Wildman–Crippen MR) is 80.7 cm³/mol. The van der Waals surface area contributed by atoms with Crippen LogP contribution in [-0.2, 0) is 6.42 Å². The summed E-state index contributed by atoms with van der Waals surface area (Å²) < 4.78 is 0. The average molecular weight is 262 g/mol. The minimum Gasteiger partial charge on any atom is -0.394 e. The highest BCUT2D eigenvalue weighted by Gasteiger charge is 2.39. The second-order valence-electron chi connectivity index (χ2n) is 6.20. The van der Waals surface area contributed by atoms with Crippen LogP contribution in [0.3, 0.4) is 0 Å². The number of para-hydroxylation sites is 1. The molecule has 1 saturated heterocycles. The van der Waals surface area contributed by atoms with Gasteiger partial charge in [0.05, 0.1) is 12.6 Å². The van der Waals surface area contributed by atoms with Crippen LogP contribution >= 0.6 is 0 Å². The van der Waals surface area contributed by atoms with E-state index < -0.39 is 0 Å². The van der Waals surface area contributed by atoms with Gasteiger partial charge in [0.1, 0.15) is 0 Å². The fourth-order valence-corrected chi connectivity index (χ4v) is 3.44. The highest BCUT2D eigenvalue weighted by Crippen LogP contribution is 2.33. The van der Waals surface area contributed by atoms with E-state index in [1.54, 1.807) is 0 Å². The van der Waals surface area contributed by atoms with E-state index in [0.717, 1.165) is 19.5 Å². The van der Waals surface area contributed by atoms with Crippen molar-refractivity contribution in [1.29, 1.82) is 0 Å². The van der Waals surface area contributed by atoms with Gasteiger partial charge in [0.25, 0.3) is 0 Å². The van der Waals surface area contributed by atoms with Crippen LogP contribution in [0.25, 0.3) is 0 Å². The average Bonchev–Trinajstić information content (AvgIpc) is 2.36. The maximum absolute atomic E-state index is 9.77. The monoisotopic (exact) mass is 262 g/mol. The first kappa shape index (κ1) is 14.4. The number of nitrogens with zero attached hydrogens (tertiary/aromatic N) is 2. The molecule has 1 fully saturated rings. The number of aliphatic hydroxyl groups excluding tert-OH is 1. The molecule has 0 spiro atoms. The number of rotatable bonds is 3. The lowest BCUT2D eigenvalue weighted by Gasteiger charge is -2.52. The zero-order valence-electron chi connectivity index (χ0n) is 12.6. The molecule has 19 heavy (non-hydrogen) atoms. The van der Waals surface area contributed by atoms with Crippen LogP contribution in [0.2, 0.25) is 0 Å². The van der Waals surface area contributed by atoms with E-state index in [1.165, 1.54) is 11.3 Å². The SMILES string of the molecule is CCc1ccccc1N1C(CO)CN(C)CC1(C)C. The number of hydrogen-bond acceptors (Lipinski definition) is 3. The Kier molecular flexibility index (Phi) is 4.16. The summed E-state index contributed by atoms with van der Waals surface area (Å²) in [5.74, 6) is 0. The second-order valence-corrected chi connectivity index (χ2v) is 6.20. The Bertz CT molecular complexity index is 431. The first-order valence-electron chi connectivity index (χ1n) is 7.16. The van der Waals surface area contributed by atoms with Gasteiger partial charge in [-0.15, -0.1) is 0 Å². The zero-order valence-corrected chi connectivity index (χ0v) is 12.6. The third-order valence-electron chi connectivity index (χ3n) is 4.04. The number of aliphatic hydroxyl groups is 1. The lowest BCUT2D eigenvalue weighted by atomic mass is 9.92. The minimum absolute atomic E-state index is 0.0334. The van der Waals surface area contributed by atoms with Crippen molar-refractivity contribution in [2.24, 2.45) is 0 Å². The summed E-state index contributed by atoms with van der Waals surface area (Å²) in [4.78, 5) is 4.73. The van der Waals surface area contributed by atoms with Crippen LogP contribution in [0.4, 0.5) is 5.69 Å². The molecule has 0 radical (unpaired) electrons. The molecule has 0 bridgehead atoms. The molecule has 1 heterocycles. The molecule has 3 nitrogen and oxygen atoms in total. The van der Waals surface area contributed by atoms with Crippen molar-refractivity contribution >= 4 is 5.69 Å². The van der Waals surface area contributed by atoms with Crippen LogP contribution in [0, 0.1) is 0 Å². The molecule has 1 N–H and O–H groups in total. The van der Waals surface area contributed by atoms with E-state index in [1.807, 2.05) is 0 Å².